The number of morpholine rings is 1. The average Bonchev–Trinajstić information content (AvgIpc) is 2.82. The number of carbonyl (C=O) groups excluding carboxylic acids is 2. The highest BCUT2D eigenvalue weighted by Gasteiger charge is 2.29. The molecule has 0 radical (unpaired) electrons. The number of hydrogen-bond acceptors (Lipinski definition) is 7. The van der Waals surface area contributed by atoms with E-state index in [1.54, 1.807) is 11.0 Å². The maximum atomic E-state index is 12.8. The molecule has 0 bridgehead atoms. The van der Waals surface area contributed by atoms with Crippen molar-refractivity contribution in [1.29, 1.82) is 0 Å². The second kappa shape index (κ2) is 11.2. The van der Waals surface area contributed by atoms with Crippen molar-refractivity contribution >= 4 is 46.8 Å². The smallest absolute Gasteiger partial charge is 0.322 e. The van der Waals surface area contributed by atoms with Crippen LogP contribution in [0, 0.1) is 6.92 Å². The van der Waals surface area contributed by atoms with E-state index in [4.69, 9.17) is 16.3 Å². The summed E-state index contributed by atoms with van der Waals surface area (Å²) >= 11 is 7.56. The van der Waals surface area contributed by atoms with Gasteiger partial charge in [-0.05, 0) is 31.5 Å². The van der Waals surface area contributed by atoms with Crippen LogP contribution >= 0.6 is 23.4 Å². The Morgan fingerprint density at radius 2 is 1.97 bits per heavy atom. The Morgan fingerprint density at radius 3 is 2.71 bits per heavy atom. The number of anilines is 2. The summed E-state index contributed by atoms with van der Waals surface area (Å²) in [5.74, 6) is 0.996. The summed E-state index contributed by atoms with van der Waals surface area (Å²) in [7, 11) is 0. The van der Waals surface area contributed by atoms with Gasteiger partial charge in [-0.2, -0.15) is 0 Å². The van der Waals surface area contributed by atoms with Crippen LogP contribution in [0.3, 0.4) is 0 Å². The van der Waals surface area contributed by atoms with E-state index in [-0.39, 0.29) is 23.7 Å². The SMILES string of the molecule is Cc1cccc(NC(=O)N2CCN(c3cc(Cl)nc(SCC(=O)N4CCOCC4)n3)CC2C)c1. The highest BCUT2D eigenvalue weighted by atomic mass is 35.5. The van der Waals surface area contributed by atoms with Gasteiger partial charge in [0.05, 0.1) is 19.0 Å². The third kappa shape index (κ3) is 6.31. The molecule has 9 nitrogen and oxygen atoms in total. The maximum Gasteiger partial charge on any atom is 0.322 e. The van der Waals surface area contributed by atoms with Gasteiger partial charge in [-0.25, -0.2) is 14.8 Å². The molecular formula is C23H29ClN6O3S. The number of halogens is 1. The molecule has 1 aromatic heterocycles. The molecule has 2 aliphatic heterocycles. The van der Waals surface area contributed by atoms with Gasteiger partial charge in [0.1, 0.15) is 11.0 Å². The topological polar surface area (TPSA) is 90.9 Å². The molecule has 1 N–H and O–H groups in total. The minimum atomic E-state index is -0.115. The number of benzene rings is 1. The fraction of sp³-hybridized carbons (Fsp3) is 0.478. The van der Waals surface area contributed by atoms with Gasteiger partial charge < -0.3 is 24.8 Å². The summed E-state index contributed by atoms with van der Waals surface area (Å²) in [6, 6.07) is 9.35. The number of aromatic nitrogens is 2. The van der Waals surface area contributed by atoms with Crippen molar-refractivity contribution < 1.29 is 14.3 Å². The van der Waals surface area contributed by atoms with Gasteiger partial charge in [-0.1, -0.05) is 35.5 Å². The predicted molar refractivity (Wildman–Crippen MR) is 134 cm³/mol. The molecule has 34 heavy (non-hydrogen) atoms. The van der Waals surface area contributed by atoms with E-state index in [9.17, 15) is 9.59 Å². The molecule has 3 heterocycles. The quantitative estimate of drug-likeness (QED) is 0.380. The monoisotopic (exact) mass is 504 g/mol. The Balaban J connectivity index is 1.35. The maximum absolute atomic E-state index is 12.8. The van der Waals surface area contributed by atoms with Gasteiger partial charge in [-0.15, -0.1) is 0 Å². The number of aryl methyl sites for hydroxylation is 1. The molecule has 1 atom stereocenters. The second-order valence-corrected chi connectivity index (χ2v) is 9.73. The van der Waals surface area contributed by atoms with Crippen LogP contribution in [0.15, 0.2) is 35.5 Å². The fourth-order valence-corrected chi connectivity index (χ4v) is 5.01. The van der Waals surface area contributed by atoms with Crippen molar-refractivity contribution in [2.75, 3.05) is 61.9 Å². The minimum absolute atomic E-state index is 0.0219. The zero-order chi connectivity index (χ0) is 24.1. The molecule has 182 valence electrons. The van der Waals surface area contributed by atoms with E-state index in [2.05, 4.69) is 20.2 Å². The standard InChI is InChI=1S/C23H29ClN6O3S/c1-16-4-3-5-18(12-16)25-23(32)30-7-6-29(14-17(30)2)20-13-19(24)26-22(27-20)34-15-21(31)28-8-10-33-11-9-28/h3-5,12-13,17H,6-11,14-15H2,1-2H3,(H,25,32). The lowest BCUT2D eigenvalue weighted by atomic mass is 10.2. The van der Waals surface area contributed by atoms with Gasteiger partial charge >= 0.3 is 6.03 Å². The fourth-order valence-electron chi connectivity index (χ4n) is 4.03. The third-order valence-corrected chi connectivity index (χ3v) is 6.86. The van der Waals surface area contributed by atoms with Crippen LogP contribution < -0.4 is 10.2 Å². The highest BCUT2D eigenvalue weighted by Crippen LogP contribution is 2.25. The van der Waals surface area contributed by atoms with Crippen LogP contribution in [0.2, 0.25) is 5.15 Å². The Hall–Kier alpha value is -2.56. The Kier molecular flexibility index (Phi) is 8.12. The number of piperazine rings is 1. The summed E-state index contributed by atoms with van der Waals surface area (Å²) in [5.41, 5.74) is 1.88. The van der Waals surface area contributed by atoms with Gasteiger partial charge in [-0.3, -0.25) is 4.79 Å². The van der Waals surface area contributed by atoms with Crippen molar-refractivity contribution in [1.82, 2.24) is 19.8 Å². The van der Waals surface area contributed by atoms with E-state index >= 15 is 0 Å². The number of rotatable bonds is 5. The molecule has 0 spiro atoms. The Labute approximate surface area is 208 Å². The zero-order valence-corrected chi connectivity index (χ0v) is 20.9. The molecule has 11 heteroatoms. The first-order valence-corrected chi connectivity index (χ1v) is 12.7. The molecule has 1 aromatic carbocycles. The molecule has 0 saturated carbocycles. The molecular weight excluding hydrogens is 476 g/mol. The number of nitrogens with zero attached hydrogens (tertiary/aromatic N) is 5. The summed E-state index contributed by atoms with van der Waals surface area (Å²) < 4.78 is 5.30. The number of amides is 3. The summed E-state index contributed by atoms with van der Waals surface area (Å²) in [6.07, 6.45) is 0. The molecule has 2 aliphatic rings. The van der Waals surface area contributed by atoms with E-state index in [1.807, 2.05) is 43.0 Å². The van der Waals surface area contributed by atoms with Crippen LogP contribution in [0.4, 0.5) is 16.3 Å². The van der Waals surface area contributed by atoms with Gasteiger partial charge in [0.15, 0.2) is 5.16 Å². The first kappa shape index (κ1) is 24.6. The first-order valence-electron chi connectivity index (χ1n) is 11.3. The number of carbonyl (C=O) groups is 2. The van der Waals surface area contributed by atoms with Crippen LogP contribution in [-0.4, -0.2) is 89.4 Å². The van der Waals surface area contributed by atoms with Gasteiger partial charge in [0, 0.05) is 50.5 Å². The predicted octanol–water partition coefficient (Wildman–Crippen LogP) is 3.13. The van der Waals surface area contributed by atoms with E-state index in [0.29, 0.717) is 62.1 Å². The van der Waals surface area contributed by atoms with E-state index in [0.717, 1.165) is 11.3 Å². The number of ether oxygens (including phenoxy) is 1. The van der Waals surface area contributed by atoms with Crippen LogP contribution in [0.25, 0.3) is 0 Å². The van der Waals surface area contributed by atoms with Gasteiger partial charge in [0.25, 0.3) is 0 Å². The molecule has 4 rings (SSSR count). The van der Waals surface area contributed by atoms with Crippen molar-refractivity contribution in [3.8, 4) is 0 Å². The molecule has 2 aromatic rings. The third-order valence-electron chi connectivity index (χ3n) is 5.83. The summed E-state index contributed by atoms with van der Waals surface area (Å²) in [6.45, 7) is 8.17. The first-order chi connectivity index (χ1) is 16.4. The Bertz CT molecular complexity index is 1040. The molecule has 2 saturated heterocycles. The van der Waals surface area contributed by atoms with Crippen molar-refractivity contribution in [2.45, 2.75) is 25.0 Å². The van der Waals surface area contributed by atoms with E-state index < -0.39 is 0 Å². The second-order valence-electron chi connectivity index (χ2n) is 8.40. The molecule has 1 unspecified atom stereocenters. The number of nitrogens with one attached hydrogen (secondary N) is 1. The normalized spacial score (nSPS) is 18.7. The lowest BCUT2D eigenvalue weighted by molar-refractivity contribution is -0.132. The highest BCUT2D eigenvalue weighted by molar-refractivity contribution is 7.99. The zero-order valence-electron chi connectivity index (χ0n) is 19.4. The number of thioether (sulfide) groups is 1. The van der Waals surface area contributed by atoms with Crippen molar-refractivity contribution in [3.63, 3.8) is 0 Å². The van der Waals surface area contributed by atoms with Gasteiger partial charge in [0.2, 0.25) is 5.91 Å². The largest absolute Gasteiger partial charge is 0.378 e. The summed E-state index contributed by atoms with van der Waals surface area (Å²) in [4.78, 5) is 39.9. The average molecular weight is 505 g/mol. The van der Waals surface area contributed by atoms with Crippen LogP contribution in [0.1, 0.15) is 12.5 Å². The lowest BCUT2D eigenvalue weighted by Gasteiger charge is -2.40. The molecule has 2 fully saturated rings. The van der Waals surface area contributed by atoms with E-state index in [1.165, 1.54) is 11.8 Å². The Morgan fingerprint density at radius 1 is 1.18 bits per heavy atom. The van der Waals surface area contributed by atoms with Crippen molar-refractivity contribution in [2.24, 2.45) is 0 Å². The van der Waals surface area contributed by atoms with Crippen LogP contribution in [0.5, 0.6) is 0 Å². The number of hydrogen-bond donors (Lipinski definition) is 1. The molecule has 3 amide bonds. The van der Waals surface area contributed by atoms with Crippen LogP contribution in [-0.2, 0) is 9.53 Å². The molecule has 0 aliphatic carbocycles. The summed E-state index contributed by atoms with van der Waals surface area (Å²) in [5, 5.41) is 3.79. The lowest BCUT2D eigenvalue weighted by Crippen LogP contribution is -2.55. The van der Waals surface area contributed by atoms with Crippen molar-refractivity contribution in [3.05, 3.63) is 41.0 Å². The minimum Gasteiger partial charge on any atom is -0.378 e. The number of urea groups is 1.